The predicted molar refractivity (Wildman–Crippen MR) is 132 cm³/mol. The van der Waals surface area contributed by atoms with Crippen LogP contribution in [0.1, 0.15) is 23.1 Å². The van der Waals surface area contributed by atoms with E-state index in [2.05, 4.69) is 17.4 Å². The highest BCUT2D eigenvalue weighted by Crippen LogP contribution is 2.28. The zero-order valence-electron chi connectivity index (χ0n) is 19.6. The zero-order chi connectivity index (χ0) is 23.9. The Morgan fingerprint density at radius 3 is 2.44 bits per heavy atom. The first-order chi connectivity index (χ1) is 16.6. The molecule has 34 heavy (non-hydrogen) atoms. The lowest BCUT2D eigenvalue weighted by molar-refractivity contribution is -0.128. The number of nitrogens with zero attached hydrogens (tertiary/aromatic N) is 1. The maximum atomic E-state index is 13.0. The maximum absolute atomic E-state index is 13.0. The smallest absolute Gasteiger partial charge is 0.229 e. The minimum atomic E-state index is -0.359. The summed E-state index contributed by atoms with van der Waals surface area (Å²) in [6.07, 6.45) is 1.65. The molecule has 0 bridgehead atoms. The molecule has 0 spiro atoms. The molecule has 1 fully saturated rings. The Balaban J connectivity index is 1.36. The van der Waals surface area contributed by atoms with Gasteiger partial charge in [0.1, 0.15) is 0 Å². The molecule has 6 nitrogen and oxygen atoms in total. The average molecular weight is 459 g/mol. The zero-order valence-corrected chi connectivity index (χ0v) is 19.6. The molecule has 2 amide bonds. The quantitative estimate of drug-likeness (QED) is 0.519. The monoisotopic (exact) mass is 458 g/mol. The number of para-hydroxylation sites is 1. The van der Waals surface area contributed by atoms with Gasteiger partial charge in [0, 0.05) is 25.2 Å². The molecule has 1 aliphatic rings. The molecule has 1 heterocycles. The highest BCUT2D eigenvalue weighted by atomic mass is 16.5. The number of likely N-dealkylation sites (tertiary alicyclic amines) is 1. The van der Waals surface area contributed by atoms with Gasteiger partial charge in [-0.25, -0.2) is 0 Å². The third-order valence-electron chi connectivity index (χ3n) is 6.22. The lowest BCUT2D eigenvalue weighted by atomic mass is 10.0. The molecule has 176 valence electrons. The fraction of sp³-hybridized carbons (Fsp3) is 0.286. The van der Waals surface area contributed by atoms with Crippen LogP contribution >= 0.6 is 0 Å². The summed E-state index contributed by atoms with van der Waals surface area (Å²) in [6, 6.07) is 23.8. The van der Waals surface area contributed by atoms with Crippen molar-refractivity contribution in [1.82, 2.24) is 4.90 Å². The summed E-state index contributed by atoms with van der Waals surface area (Å²) in [7, 11) is 3.21. The Bertz CT molecular complexity index is 1150. The molecular weight excluding hydrogens is 428 g/mol. The minimum Gasteiger partial charge on any atom is -0.493 e. The normalized spacial score (nSPS) is 15.3. The first-order valence-electron chi connectivity index (χ1n) is 11.5. The molecule has 1 atom stereocenters. The Labute approximate surface area is 200 Å². The Morgan fingerprint density at radius 1 is 0.941 bits per heavy atom. The van der Waals surface area contributed by atoms with Gasteiger partial charge in [-0.1, -0.05) is 54.6 Å². The number of hydrogen-bond donors (Lipinski definition) is 1. The van der Waals surface area contributed by atoms with Crippen LogP contribution in [0, 0.1) is 5.92 Å². The first kappa shape index (κ1) is 23.4. The molecule has 4 rings (SSSR count). The fourth-order valence-corrected chi connectivity index (χ4v) is 4.31. The number of nitrogens with one attached hydrogen (secondary N) is 1. The lowest BCUT2D eigenvalue weighted by Gasteiger charge is -2.18. The first-order valence-corrected chi connectivity index (χ1v) is 11.5. The van der Waals surface area contributed by atoms with E-state index >= 15 is 0 Å². The van der Waals surface area contributed by atoms with Crippen molar-refractivity contribution in [3.8, 4) is 11.5 Å². The van der Waals surface area contributed by atoms with E-state index in [1.807, 2.05) is 60.7 Å². The van der Waals surface area contributed by atoms with Crippen molar-refractivity contribution in [2.75, 3.05) is 32.6 Å². The van der Waals surface area contributed by atoms with Crippen LogP contribution in [-0.4, -0.2) is 44.0 Å². The second-order valence-electron chi connectivity index (χ2n) is 8.49. The molecule has 1 aliphatic heterocycles. The van der Waals surface area contributed by atoms with E-state index in [-0.39, 0.29) is 24.2 Å². The average Bonchev–Trinajstić information content (AvgIpc) is 3.25. The summed E-state index contributed by atoms with van der Waals surface area (Å²) in [5.74, 6) is 0.885. The van der Waals surface area contributed by atoms with Gasteiger partial charge < -0.3 is 19.7 Å². The molecular formula is C28H30N2O4. The molecule has 0 radical (unpaired) electrons. The van der Waals surface area contributed by atoms with E-state index in [0.29, 0.717) is 31.0 Å². The van der Waals surface area contributed by atoms with Gasteiger partial charge in [0.05, 0.1) is 20.1 Å². The molecule has 0 aromatic heterocycles. The van der Waals surface area contributed by atoms with Gasteiger partial charge in [-0.15, -0.1) is 0 Å². The molecule has 1 N–H and O–H groups in total. The van der Waals surface area contributed by atoms with Crippen molar-refractivity contribution in [2.24, 2.45) is 5.92 Å². The van der Waals surface area contributed by atoms with Crippen molar-refractivity contribution in [3.05, 3.63) is 89.5 Å². The number of rotatable bonds is 9. The van der Waals surface area contributed by atoms with Crippen LogP contribution in [0.15, 0.2) is 72.8 Å². The minimum absolute atomic E-state index is 0.0122. The molecule has 3 aromatic carbocycles. The van der Waals surface area contributed by atoms with Crippen molar-refractivity contribution < 1.29 is 19.1 Å². The van der Waals surface area contributed by atoms with Gasteiger partial charge in [-0.05, 0) is 47.7 Å². The Kier molecular flexibility index (Phi) is 7.48. The Hall–Kier alpha value is -3.80. The molecule has 1 saturated heterocycles. The van der Waals surface area contributed by atoms with Crippen LogP contribution in [0.25, 0.3) is 0 Å². The SMILES string of the molecule is COc1ccc(CCN2CC(C(=O)Nc3ccccc3Cc3ccccc3)CC2=O)cc1OC. The fourth-order valence-electron chi connectivity index (χ4n) is 4.31. The standard InChI is InChI=1S/C28H30N2O4/c1-33-25-13-12-21(17-26(25)34-2)14-15-30-19-23(18-27(30)31)28(32)29-24-11-7-6-10-22(24)16-20-8-4-3-5-9-20/h3-13,17,23H,14-16,18-19H2,1-2H3,(H,29,32). The van der Waals surface area contributed by atoms with Crippen LogP contribution in [0.2, 0.25) is 0 Å². The summed E-state index contributed by atoms with van der Waals surface area (Å²) in [5, 5.41) is 3.07. The number of methoxy groups -OCH3 is 2. The van der Waals surface area contributed by atoms with Gasteiger partial charge >= 0.3 is 0 Å². The van der Waals surface area contributed by atoms with E-state index in [4.69, 9.17) is 9.47 Å². The highest BCUT2D eigenvalue weighted by Gasteiger charge is 2.34. The van der Waals surface area contributed by atoms with Gasteiger partial charge in [-0.2, -0.15) is 0 Å². The van der Waals surface area contributed by atoms with Gasteiger partial charge in [0.15, 0.2) is 11.5 Å². The number of ether oxygens (including phenoxy) is 2. The number of anilines is 1. The second kappa shape index (κ2) is 10.9. The molecule has 6 heteroatoms. The molecule has 3 aromatic rings. The second-order valence-corrected chi connectivity index (χ2v) is 8.49. The van der Waals surface area contributed by atoms with E-state index in [1.165, 1.54) is 5.56 Å². The largest absolute Gasteiger partial charge is 0.493 e. The topological polar surface area (TPSA) is 67.9 Å². The van der Waals surface area contributed by atoms with Crippen molar-refractivity contribution in [1.29, 1.82) is 0 Å². The third-order valence-corrected chi connectivity index (χ3v) is 6.22. The number of carbonyl (C=O) groups is 2. The van der Waals surface area contributed by atoms with Gasteiger partial charge in [-0.3, -0.25) is 9.59 Å². The number of carbonyl (C=O) groups excluding carboxylic acids is 2. The van der Waals surface area contributed by atoms with Crippen molar-refractivity contribution >= 4 is 17.5 Å². The summed E-state index contributed by atoms with van der Waals surface area (Å²) in [6.45, 7) is 0.988. The van der Waals surface area contributed by atoms with Crippen LogP contribution in [0.3, 0.4) is 0 Å². The van der Waals surface area contributed by atoms with E-state index in [0.717, 1.165) is 23.2 Å². The molecule has 0 saturated carbocycles. The number of benzene rings is 3. The van der Waals surface area contributed by atoms with Crippen molar-refractivity contribution in [2.45, 2.75) is 19.3 Å². The van der Waals surface area contributed by atoms with Gasteiger partial charge in [0.25, 0.3) is 0 Å². The van der Waals surface area contributed by atoms with Crippen molar-refractivity contribution in [3.63, 3.8) is 0 Å². The summed E-state index contributed by atoms with van der Waals surface area (Å²) in [5.41, 5.74) is 4.08. The van der Waals surface area contributed by atoms with Gasteiger partial charge in [0.2, 0.25) is 11.8 Å². The third kappa shape index (κ3) is 5.57. The predicted octanol–water partition coefficient (Wildman–Crippen LogP) is 4.32. The Morgan fingerprint density at radius 2 is 1.68 bits per heavy atom. The highest BCUT2D eigenvalue weighted by molar-refractivity contribution is 5.97. The summed E-state index contributed by atoms with van der Waals surface area (Å²) < 4.78 is 10.6. The van der Waals surface area contributed by atoms with Crippen LogP contribution in [0.4, 0.5) is 5.69 Å². The summed E-state index contributed by atoms with van der Waals surface area (Å²) >= 11 is 0. The van der Waals surface area contributed by atoms with Crippen LogP contribution in [-0.2, 0) is 22.4 Å². The lowest BCUT2D eigenvalue weighted by Crippen LogP contribution is -2.30. The molecule has 0 aliphatic carbocycles. The van der Waals surface area contributed by atoms with E-state index in [9.17, 15) is 9.59 Å². The van der Waals surface area contributed by atoms with E-state index in [1.54, 1.807) is 19.1 Å². The summed E-state index contributed by atoms with van der Waals surface area (Å²) in [4.78, 5) is 27.4. The molecule has 1 unspecified atom stereocenters. The van der Waals surface area contributed by atoms with Crippen LogP contribution in [0.5, 0.6) is 11.5 Å². The number of amides is 2. The van der Waals surface area contributed by atoms with E-state index < -0.39 is 0 Å². The van der Waals surface area contributed by atoms with Crippen LogP contribution < -0.4 is 14.8 Å². The maximum Gasteiger partial charge on any atom is 0.229 e. The number of hydrogen-bond acceptors (Lipinski definition) is 4.